The van der Waals surface area contributed by atoms with Gasteiger partial charge in [-0.15, -0.1) is 0 Å². The van der Waals surface area contributed by atoms with Crippen LogP contribution in [0.5, 0.6) is 5.75 Å². The maximum absolute atomic E-state index is 11.7. The maximum atomic E-state index is 11.7. The van der Waals surface area contributed by atoms with Gasteiger partial charge in [-0.2, -0.15) is 0 Å². The van der Waals surface area contributed by atoms with E-state index in [4.69, 9.17) is 4.42 Å². The molecular weight excluding hydrogens is 278 g/mol. The number of fused-ring (bicyclic) bond motifs is 1. The lowest BCUT2D eigenvalue weighted by atomic mass is 10.0. The first-order chi connectivity index (χ1) is 10.7. The molecule has 1 aromatic heterocycles. The molecular formula is C18H17NO3. The molecule has 0 radical (unpaired) electrons. The van der Waals surface area contributed by atoms with Gasteiger partial charge >= 0.3 is 5.63 Å². The summed E-state index contributed by atoms with van der Waals surface area (Å²) in [4.78, 5) is 11.7. The zero-order chi connectivity index (χ0) is 15.5. The van der Waals surface area contributed by atoms with Crippen molar-refractivity contribution in [3.63, 3.8) is 0 Å². The molecule has 4 heteroatoms. The van der Waals surface area contributed by atoms with Crippen LogP contribution in [0.1, 0.15) is 18.1 Å². The largest absolute Gasteiger partial charge is 0.508 e. The van der Waals surface area contributed by atoms with Crippen LogP contribution in [-0.2, 0) is 13.0 Å². The average Bonchev–Trinajstić information content (AvgIpc) is 2.53. The van der Waals surface area contributed by atoms with Gasteiger partial charge in [0.25, 0.3) is 0 Å². The number of hydrogen-bond acceptors (Lipinski definition) is 4. The van der Waals surface area contributed by atoms with E-state index in [-0.39, 0.29) is 5.75 Å². The Bertz CT molecular complexity index is 853. The van der Waals surface area contributed by atoms with Crippen molar-refractivity contribution in [2.75, 3.05) is 5.32 Å². The summed E-state index contributed by atoms with van der Waals surface area (Å²) < 4.78 is 5.19. The van der Waals surface area contributed by atoms with E-state index in [1.807, 2.05) is 43.3 Å². The third kappa shape index (κ3) is 2.81. The van der Waals surface area contributed by atoms with E-state index in [1.54, 1.807) is 0 Å². The Hall–Kier alpha value is -2.75. The number of hydrogen-bond donors (Lipinski definition) is 2. The van der Waals surface area contributed by atoms with Crippen LogP contribution >= 0.6 is 0 Å². The highest BCUT2D eigenvalue weighted by Gasteiger charge is 2.10. The second-order valence-corrected chi connectivity index (χ2v) is 5.14. The molecule has 3 aromatic rings. The molecule has 0 saturated heterocycles. The molecule has 0 amide bonds. The van der Waals surface area contributed by atoms with Gasteiger partial charge in [0.15, 0.2) is 0 Å². The monoisotopic (exact) mass is 295 g/mol. The highest BCUT2D eigenvalue weighted by Crippen LogP contribution is 2.27. The fourth-order valence-electron chi connectivity index (χ4n) is 2.49. The average molecular weight is 295 g/mol. The summed E-state index contributed by atoms with van der Waals surface area (Å²) in [5.74, 6) is 0.159. The predicted molar refractivity (Wildman–Crippen MR) is 87.3 cm³/mol. The highest BCUT2D eigenvalue weighted by molar-refractivity contribution is 5.83. The number of aryl methyl sites for hydroxylation is 1. The Morgan fingerprint density at radius 1 is 1.09 bits per heavy atom. The van der Waals surface area contributed by atoms with Crippen LogP contribution in [0, 0.1) is 0 Å². The van der Waals surface area contributed by atoms with Crippen molar-refractivity contribution in [1.82, 2.24) is 0 Å². The van der Waals surface area contributed by atoms with Crippen molar-refractivity contribution in [3.8, 4) is 5.75 Å². The number of nitrogens with one attached hydrogen (secondary N) is 1. The summed E-state index contributed by atoms with van der Waals surface area (Å²) in [6, 6.07) is 14.7. The van der Waals surface area contributed by atoms with Crippen molar-refractivity contribution < 1.29 is 9.52 Å². The minimum absolute atomic E-state index is 0.159. The Balaban J connectivity index is 2.02. The third-order valence-electron chi connectivity index (χ3n) is 3.67. The fourth-order valence-corrected chi connectivity index (χ4v) is 2.49. The number of phenolic OH excluding ortho intramolecular Hbond substituents is 1. The molecule has 0 aliphatic rings. The second kappa shape index (κ2) is 5.93. The Kier molecular flexibility index (Phi) is 3.83. The van der Waals surface area contributed by atoms with Crippen LogP contribution in [0.3, 0.4) is 0 Å². The van der Waals surface area contributed by atoms with E-state index in [2.05, 4.69) is 5.32 Å². The van der Waals surface area contributed by atoms with Crippen molar-refractivity contribution >= 4 is 16.7 Å². The van der Waals surface area contributed by atoms with Crippen molar-refractivity contribution in [1.29, 1.82) is 0 Å². The van der Waals surface area contributed by atoms with Crippen LogP contribution in [0.2, 0.25) is 0 Å². The van der Waals surface area contributed by atoms with Gasteiger partial charge in [0.1, 0.15) is 11.3 Å². The zero-order valence-electron chi connectivity index (χ0n) is 12.3. The van der Waals surface area contributed by atoms with Gasteiger partial charge in [0, 0.05) is 29.8 Å². The number of para-hydroxylation sites is 1. The van der Waals surface area contributed by atoms with Crippen LogP contribution in [0.15, 0.2) is 57.7 Å². The van der Waals surface area contributed by atoms with E-state index >= 15 is 0 Å². The van der Waals surface area contributed by atoms with Gasteiger partial charge in [-0.25, -0.2) is 4.79 Å². The van der Waals surface area contributed by atoms with E-state index < -0.39 is 5.63 Å². The standard InChI is InChI=1S/C18H17NO3/c1-2-12-8-15-13(11-19-14-6-4-3-5-7-14)9-18(21)22-17(15)10-16(12)20/h3-10,19-20H,2,11H2,1H3. The molecule has 1 heterocycles. The molecule has 0 spiro atoms. The fraction of sp³-hybridized carbons (Fsp3) is 0.167. The zero-order valence-corrected chi connectivity index (χ0v) is 12.3. The molecule has 0 fully saturated rings. The van der Waals surface area contributed by atoms with Gasteiger partial charge in [0.2, 0.25) is 0 Å². The van der Waals surface area contributed by atoms with Gasteiger partial charge in [-0.3, -0.25) is 0 Å². The quantitative estimate of drug-likeness (QED) is 0.721. The van der Waals surface area contributed by atoms with E-state index in [0.29, 0.717) is 18.5 Å². The van der Waals surface area contributed by atoms with Gasteiger partial charge in [-0.05, 0) is 35.7 Å². The van der Waals surface area contributed by atoms with Crippen LogP contribution in [0.25, 0.3) is 11.0 Å². The summed E-state index contributed by atoms with van der Waals surface area (Å²) in [5, 5.41) is 14.1. The molecule has 2 aromatic carbocycles. The molecule has 0 aliphatic heterocycles. The van der Waals surface area contributed by atoms with E-state index in [1.165, 1.54) is 12.1 Å². The summed E-state index contributed by atoms with van der Waals surface area (Å²) in [7, 11) is 0. The maximum Gasteiger partial charge on any atom is 0.336 e. The Morgan fingerprint density at radius 2 is 1.86 bits per heavy atom. The SMILES string of the molecule is CCc1cc2c(CNc3ccccc3)cc(=O)oc2cc1O. The summed E-state index contributed by atoms with van der Waals surface area (Å²) in [6.45, 7) is 2.49. The highest BCUT2D eigenvalue weighted by atomic mass is 16.4. The Labute approximate surface area is 128 Å². The van der Waals surface area contributed by atoms with Gasteiger partial charge in [-0.1, -0.05) is 25.1 Å². The minimum Gasteiger partial charge on any atom is -0.508 e. The number of phenols is 1. The molecule has 3 rings (SSSR count). The number of anilines is 1. The lowest BCUT2D eigenvalue weighted by Crippen LogP contribution is -2.06. The van der Waals surface area contributed by atoms with Crippen molar-refractivity contribution in [2.45, 2.75) is 19.9 Å². The topological polar surface area (TPSA) is 62.5 Å². The number of benzene rings is 2. The summed E-state index contributed by atoms with van der Waals surface area (Å²) >= 11 is 0. The lowest BCUT2D eigenvalue weighted by molar-refractivity contribution is 0.466. The van der Waals surface area contributed by atoms with E-state index in [9.17, 15) is 9.90 Å². The van der Waals surface area contributed by atoms with Gasteiger partial charge < -0.3 is 14.8 Å². The molecule has 4 nitrogen and oxygen atoms in total. The molecule has 0 bridgehead atoms. The molecule has 22 heavy (non-hydrogen) atoms. The second-order valence-electron chi connectivity index (χ2n) is 5.14. The molecule has 0 unspecified atom stereocenters. The normalized spacial score (nSPS) is 10.8. The Morgan fingerprint density at radius 3 is 2.59 bits per heavy atom. The first-order valence-electron chi connectivity index (χ1n) is 7.25. The van der Waals surface area contributed by atoms with Crippen molar-refractivity contribution in [3.05, 3.63) is 70.1 Å². The molecule has 0 atom stereocenters. The van der Waals surface area contributed by atoms with Crippen LogP contribution in [0.4, 0.5) is 5.69 Å². The first-order valence-corrected chi connectivity index (χ1v) is 7.25. The van der Waals surface area contributed by atoms with Crippen LogP contribution < -0.4 is 10.9 Å². The smallest absolute Gasteiger partial charge is 0.336 e. The van der Waals surface area contributed by atoms with Gasteiger partial charge in [0.05, 0.1) is 0 Å². The summed E-state index contributed by atoms with van der Waals surface area (Å²) in [6.07, 6.45) is 0.715. The summed E-state index contributed by atoms with van der Waals surface area (Å²) in [5.41, 5.74) is 2.67. The number of rotatable bonds is 4. The third-order valence-corrected chi connectivity index (χ3v) is 3.67. The van der Waals surface area contributed by atoms with Crippen molar-refractivity contribution in [2.24, 2.45) is 0 Å². The molecule has 0 saturated carbocycles. The predicted octanol–water partition coefficient (Wildman–Crippen LogP) is 3.67. The number of aromatic hydroxyl groups is 1. The molecule has 2 N–H and O–H groups in total. The van der Waals surface area contributed by atoms with E-state index in [0.717, 1.165) is 22.2 Å². The van der Waals surface area contributed by atoms with Crippen LogP contribution in [-0.4, -0.2) is 5.11 Å². The first kappa shape index (κ1) is 14.2. The molecule has 112 valence electrons. The minimum atomic E-state index is -0.416. The molecule has 0 aliphatic carbocycles. The lowest BCUT2D eigenvalue weighted by Gasteiger charge is -2.10.